The molecule has 0 N–H and O–H groups in total. The van der Waals surface area contributed by atoms with Crippen molar-refractivity contribution in [1.82, 2.24) is 4.90 Å². The molecule has 0 aromatic carbocycles. The van der Waals surface area contributed by atoms with Gasteiger partial charge in [-0.1, -0.05) is 31.4 Å². The van der Waals surface area contributed by atoms with Crippen molar-refractivity contribution in [2.75, 3.05) is 0 Å². The smallest absolute Gasteiger partial charge is 0.233 e. The van der Waals surface area contributed by atoms with Gasteiger partial charge in [-0.25, -0.2) is 0 Å². The first-order valence-electron chi connectivity index (χ1n) is 6.81. The fourth-order valence-electron chi connectivity index (χ4n) is 3.53. The second-order valence-corrected chi connectivity index (χ2v) is 5.49. The van der Waals surface area contributed by atoms with E-state index in [1.165, 1.54) is 6.42 Å². The number of likely N-dealkylation sites (tertiary alicyclic amines) is 1. The third kappa shape index (κ3) is 1.72. The molecule has 92 valence electrons. The Kier molecular flexibility index (Phi) is 2.77. The molecule has 0 bridgehead atoms. The molecule has 17 heavy (non-hydrogen) atoms. The first kappa shape index (κ1) is 11.0. The lowest BCUT2D eigenvalue weighted by Gasteiger charge is -2.29. The maximum absolute atomic E-state index is 12.3. The monoisotopic (exact) mass is 233 g/mol. The molecule has 0 aromatic heterocycles. The first-order valence-corrected chi connectivity index (χ1v) is 6.81. The maximum Gasteiger partial charge on any atom is 0.233 e. The Morgan fingerprint density at radius 2 is 1.41 bits per heavy atom. The van der Waals surface area contributed by atoms with E-state index >= 15 is 0 Å². The van der Waals surface area contributed by atoms with Gasteiger partial charge in [0.1, 0.15) is 0 Å². The van der Waals surface area contributed by atoms with Crippen LogP contribution in [0.5, 0.6) is 0 Å². The van der Waals surface area contributed by atoms with Crippen LogP contribution in [0.25, 0.3) is 0 Å². The number of rotatable bonds is 1. The molecule has 0 radical (unpaired) electrons. The predicted octanol–water partition coefficient (Wildman–Crippen LogP) is 2.27. The third-order valence-corrected chi connectivity index (χ3v) is 4.48. The molecule has 0 spiro atoms. The molecule has 2 atom stereocenters. The van der Waals surface area contributed by atoms with Crippen LogP contribution < -0.4 is 0 Å². The average molecular weight is 233 g/mol. The van der Waals surface area contributed by atoms with Gasteiger partial charge in [-0.2, -0.15) is 0 Å². The highest BCUT2D eigenvalue weighted by Crippen LogP contribution is 2.38. The van der Waals surface area contributed by atoms with Crippen LogP contribution in [0.15, 0.2) is 12.2 Å². The number of fused-ring (bicyclic) bond motifs is 1. The Morgan fingerprint density at radius 3 is 1.94 bits per heavy atom. The topological polar surface area (TPSA) is 37.4 Å². The Morgan fingerprint density at radius 1 is 0.882 bits per heavy atom. The van der Waals surface area contributed by atoms with E-state index in [-0.39, 0.29) is 29.7 Å². The summed E-state index contributed by atoms with van der Waals surface area (Å²) in [6.45, 7) is 0. The minimum atomic E-state index is -0.0468. The molecule has 3 aliphatic rings. The van der Waals surface area contributed by atoms with E-state index in [0.717, 1.165) is 38.5 Å². The van der Waals surface area contributed by atoms with Crippen LogP contribution >= 0.6 is 0 Å². The highest BCUT2D eigenvalue weighted by Gasteiger charge is 2.49. The van der Waals surface area contributed by atoms with E-state index in [1.54, 1.807) is 4.90 Å². The van der Waals surface area contributed by atoms with Crippen LogP contribution in [0.1, 0.15) is 44.9 Å². The summed E-state index contributed by atoms with van der Waals surface area (Å²) in [5.41, 5.74) is 0. The van der Waals surface area contributed by atoms with Crippen molar-refractivity contribution in [3.63, 3.8) is 0 Å². The van der Waals surface area contributed by atoms with E-state index in [0.29, 0.717) is 0 Å². The highest BCUT2D eigenvalue weighted by molar-refractivity contribution is 6.05. The zero-order chi connectivity index (χ0) is 11.8. The zero-order valence-electron chi connectivity index (χ0n) is 10.1. The standard InChI is InChI=1S/C14H19NO2/c16-13-11-8-4-5-9-12(11)14(17)15(13)10-6-2-1-3-7-10/h4-5,10-12H,1-3,6-9H2/t11-,12-/m1/s1. The largest absolute Gasteiger partial charge is 0.279 e. The molecule has 3 heteroatoms. The predicted molar refractivity (Wildman–Crippen MR) is 64.1 cm³/mol. The van der Waals surface area contributed by atoms with Crippen molar-refractivity contribution >= 4 is 11.8 Å². The summed E-state index contributed by atoms with van der Waals surface area (Å²) in [5.74, 6) is 0.122. The highest BCUT2D eigenvalue weighted by atomic mass is 16.2. The summed E-state index contributed by atoms with van der Waals surface area (Å²) in [7, 11) is 0. The molecule has 1 saturated heterocycles. The lowest BCUT2D eigenvalue weighted by atomic mass is 9.85. The lowest BCUT2D eigenvalue weighted by Crippen LogP contribution is -2.41. The van der Waals surface area contributed by atoms with Crippen molar-refractivity contribution in [1.29, 1.82) is 0 Å². The van der Waals surface area contributed by atoms with Gasteiger partial charge in [0.25, 0.3) is 0 Å². The average Bonchev–Trinajstić information content (AvgIpc) is 2.64. The van der Waals surface area contributed by atoms with Crippen molar-refractivity contribution in [2.24, 2.45) is 11.8 Å². The Labute approximate surface area is 102 Å². The van der Waals surface area contributed by atoms with Crippen molar-refractivity contribution in [2.45, 2.75) is 51.0 Å². The van der Waals surface area contributed by atoms with Crippen LogP contribution in [0.2, 0.25) is 0 Å². The van der Waals surface area contributed by atoms with Crippen LogP contribution in [-0.4, -0.2) is 22.8 Å². The quantitative estimate of drug-likeness (QED) is 0.514. The van der Waals surface area contributed by atoms with Gasteiger partial charge in [0.2, 0.25) is 11.8 Å². The van der Waals surface area contributed by atoms with Gasteiger partial charge in [-0.15, -0.1) is 0 Å². The normalized spacial score (nSPS) is 34.2. The molecule has 1 saturated carbocycles. The van der Waals surface area contributed by atoms with Crippen molar-refractivity contribution in [3.8, 4) is 0 Å². The third-order valence-electron chi connectivity index (χ3n) is 4.48. The van der Waals surface area contributed by atoms with Gasteiger partial charge in [0.05, 0.1) is 11.8 Å². The molecule has 2 aliphatic carbocycles. The van der Waals surface area contributed by atoms with Gasteiger partial charge in [0.15, 0.2) is 0 Å². The first-order chi connectivity index (χ1) is 8.29. The van der Waals surface area contributed by atoms with E-state index in [4.69, 9.17) is 0 Å². The van der Waals surface area contributed by atoms with Crippen LogP contribution in [0.4, 0.5) is 0 Å². The van der Waals surface area contributed by atoms with Crippen LogP contribution in [0, 0.1) is 11.8 Å². The van der Waals surface area contributed by atoms with E-state index in [1.807, 2.05) is 0 Å². The second kappa shape index (κ2) is 4.28. The summed E-state index contributed by atoms with van der Waals surface area (Å²) in [6, 6.07) is 0.203. The summed E-state index contributed by atoms with van der Waals surface area (Å²) in [4.78, 5) is 26.3. The molecule has 2 amide bonds. The number of carbonyl (C=O) groups is 2. The molecule has 1 heterocycles. The Balaban J connectivity index is 1.81. The summed E-state index contributed by atoms with van der Waals surface area (Å²) >= 11 is 0. The number of nitrogens with zero attached hydrogens (tertiary/aromatic N) is 1. The number of imide groups is 1. The summed E-state index contributed by atoms with van der Waals surface area (Å²) in [5, 5.41) is 0. The lowest BCUT2D eigenvalue weighted by molar-refractivity contribution is -0.143. The second-order valence-electron chi connectivity index (χ2n) is 5.49. The van der Waals surface area contributed by atoms with Crippen molar-refractivity contribution < 1.29 is 9.59 Å². The minimum absolute atomic E-state index is 0.0468. The molecule has 3 nitrogen and oxygen atoms in total. The number of hydrogen-bond donors (Lipinski definition) is 0. The van der Waals surface area contributed by atoms with E-state index in [9.17, 15) is 9.59 Å². The number of amides is 2. The minimum Gasteiger partial charge on any atom is -0.279 e. The van der Waals surface area contributed by atoms with Gasteiger partial charge in [-0.05, 0) is 25.7 Å². The number of allylic oxidation sites excluding steroid dienone is 2. The SMILES string of the molecule is O=C1[C@@H]2CC=CC[C@H]2C(=O)N1C1CCCCC1. The summed E-state index contributed by atoms with van der Waals surface area (Å²) in [6.07, 6.45) is 11.2. The molecular formula is C14H19NO2. The molecule has 2 fully saturated rings. The van der Waals surface area contributed by atoms with Crippen LogP contribution in [0.3, 0.4) is 0 Å². The fourth-order valence-corrected chi connectivity index (χ4v) is 3.53. The Hall–Kier alpha value is -1.12. The van der Waals surface area contributed by atoms with E-state index in [2.05, 4.69) is 12.2 Å². The molecule has 1 aliphatic heterocycles. The molecule has 0 unspecified atom stereocenters. The van der Waals surface area contributed by atoms with Crippen molar-refractivity contribution in [3.05, 3.63) is 12.2 Å². The fraction of sp³-hybridized carbons (Fsp3) is 0.714. The van der Waals surface area contributed by atoms with Gasteiger partial charge in [-0.3, -0.25) is 14.5 Å². The number of hydrogen-bond acceptors (Lipinski definition) is 2. The van der Waals surface area contributed by atoms with Gasteiger partial charge < -0.3 is 0 Å². The van der Waals surface area contributed by atoms with Gasteiger partial charge >= 0.3 is 0 Å². The van der Waals surface area contributed by atoms with Crippen LogP contribution in [-0.2, 0) is 9.59 Å². The summed E-state index contributed by atoms with van der Waals surface area (Å²) < 4.78 is 0. The van der Waals surface area contributed by atoms with Gasteiger partial charge in [0, 0.05) is 6.04 Å². The molecule has 3 rings (SSSR count). The Bertz CT molecular complexity index is 342. The number of carbonyl (C=O) groups excluding carboxylic acids is 2. The molecular weight excluding hydrogens is 214 g/mol. The maximum atomic E-state index is 12.3. The van der Waals surface area contributed by atoms with E-state index < -0.39 is 0 Å². The molecule has 0 aromatic rings. The zero-order valence-corrected chi connectivity index (χ0v) is 10.1.